The summed E-state index contributed by atoms with van der Waals surface area (Å²) in [7, 11) is -31.2. The number of hydrogen-bond acceptors (Lipinski definition) is 11. The van der Waals surface area contributed by atoms with Gasteiger partial charge in [-0.2, -0.15) is 0 Å². The number of hydrogen-bond donors (Lipinski definition) is 0. The van der Waals surface area contributed by atoms with Crippen LogP contribution in [0.25, 0.3) is 0 Å². The van der Waals surface area contributed by atoms with Gasteiger partial charge in [-0.1, -0.05) is 195 Å². The number of nitrogens with zero attached hydrogens (tertiary/aromatic N) is 5. The summed E-state index contributed by atoms with van der Waals surface area (Å²) in [6, 6.07) is 0. The van der Waals surface area contributed by atoms with Crippen LogP contribution in [0.15, 0.2) is 0 Å². The van der Waals surface area contributed by atoms with E-state index in [4.69, 9.17) is 4.74 Å². The van der Waals surface area contributed by atoms with E-state index in [-0.39, 0.29) is 32.1 Å². The van der Waals surface area contributed by atoms with Gasteiger partial charge in [-0.25, -0.2) is 42.1 Å². The fraction of sp³-hybridized carbons (Fsp3) is 1.00. The van der Waals surface area contributed by atoms with Crippen LogP contribution in [0.3, 0.4) is 0 Å². The monoisotopic (exact) mass is 1120 g/mol. The van der Waals surface area contributed by atoms with Crippen LogP contribution in [0, 0.1) is 0 Å². The largest absolute Gasteiger partial charge is 0.338 e. The standard InChI is InChI=1S/C44H90F5N5O11S5/c1-7-13-18-23-28-33-38-66(55,56)50(45)43(51(46)67(57,58)39-34-29-24-19-14-8-2,52(47)68(59,60)40-35-30-25-20-15-9-3)44(65-12-6,53(48)69(61,62)41-36-31-26-21-16-10-4)54(49)70(63,64)42-37-32-27-22-17-11-5/h7-42H2,1-6H3. The minimum atomic E-state index is -6.29. The van der Waals surface area contributed by atoms with Crippen LogP contribution in [0.5, 0.6) is 0 Å². The SMILES string of the molecule is CCCCCCCCS(=O)(=O)N(F)C(OCC)(N(F)S(=O)(=O)CCCCCCCC)C(N(F)S(=O)(=O)CCCCCCCC)(N(F)S(=O)(=O)CCCCCCCC)N(F)S(=O)(=O)CCCCCCCC. The molecule has 70 heavy (non-hydrogen) atoms. The molecule has 0 aromatic rings. The maximum atomic E-state index is 18.2. The molecule has 0 aromatic carbocycles. The normalized spacial score (nSPS) is 13.8. The topological polar surface area (TPSA) is 196 Å². The van der Waals surface area contributed by atoms with E-state index in [1.165, 1.54) is 0 Å². The number of sulfonamides is 5. The Kier molecular flexibility index (Phi) is 35.0. The highest BCUT2D eigenvalue weighted by molar-refractivity contribution is 7.91. The van der Waals surface area contributed by atoms with Crippen LogP contribution in [0.4, 0.5) is 22.4 Å². The van der Waals surface area contributed by atoms with Gasteiger partial charge >= 0.3 is 11.6 Å². The molecule has 0 unspecified atom stereocenters. The van der Waals surface area contributed by atoms with E-state index >= 15 is 22.4 Å². The molecule has 0 fully saturated rings. The molecule has 0 radical (unpaired) electrons. The molecule has 0 aromatic heterocycles. The summed E-state index contributed by atoms with van der Waals surface area (Å²) in [5.74, 6) is -19.2. The van der Waals surface area contributed by atoms with Gasteiger partial charge in [0, 0.05) is 29.2 Å². The van der Waals surface area contributed by atoms with Gasteiger partial charge < -0.3 is 4.74 Å². The van der Waals surface area contributed by atoms with Crippen molar-refractivity contribution in [2.24, 2.45) is 0 Å². The first kappa shape index (κ1) is 69.2. The Bertz CT molecular complexity index is 1780. The number of rotatable bonds is 48. The van der Waals surface area contributed by atoms with E-state index in [1.807, 2.05) is 34.6 Å². The molecular formula is C44H90F5N5O11S5. The molecule has 0 aliphatic rings. The quantitative estimate of drug-likeness (QED) is 0.0243. The molecule has 0 amide bonds. The average molecular weight is 1120 g/mol. The maximum absolute atomic E-state index is 18.2. The van der Waals surface area contributed by atoms with Gasteiger partial charge in [0.2, 0.25) is 50.1 Å². The molecule has 0 aliphatic heterocycles. The minimum Gasteiger partial charge on any atom is -0.338 e. The summed E-state index contributed by atoms with van der Waals surface area (Å²) < 4.78 is 229. The predicted molar refractivity (Wildman–Crippen MR) is 268 cm³/mol. The second kappa shape index (κ2) is 35.4. The summed E-state index contributed by atoms with van der Waals surface area (Å²) in [6.45, 7) is 8.71. The highest BCUT2D eigenvalue weighted by Crippen LogP contribution is 2.51. The minimum absolute atomic E-state index is 0.00818. The zero-order valence-corrected chi connectivity index (χ0v) is 47.2. The molecule has 0 atom stereocenters. The third kappa shape index (κ3) is 21.4. The lowest BCUT2D eigenvalue weighted by atomic mass is 10.1. The first-order chi connectivity index (χ1) is 32.9. The number of halogens is 5. The van der Waals surface area contributed by atoms with Crippen LogP contribution in [0.1, 0.15) is 234 Å². The van der Waals surface area contributed by atoms with Crippen molar-refractivity contribution in [1.82, 2.24) is 22.6 Å². The molecule has 0 spiro atoms. The van der Waals surface area contributed by atoms with Gasteiger partial charge in [0.05, 0.1) is 28.8 Å². The summed E-state index contributed by atoms with van der Waals surface area (Å²) in [5.41, 5.74) is 0. The molecular weight excluding hydrogens is 1030 g/mol. The highest BCUT2D eigenvalue weighted by Gasteiger charge is 2.83. The third-order valence-electron chi connectivity index (χ3n) is 12.0. The lowest BCUT2D eigenvalue weighted by Crippen LogP contribution is -2.86. The van der Waals surface area contributed by atoms with Gasteiger partial charge in [-0.05, 0) is 39.0 Å². The molecule has 0 heterocycles. The van der Waals surface area contributed by atoms with E-state index in [9.17, 15) is 42.1 Å². The van der Waals surface area contributed by atoms with Crippen LogP contribution in [-0.4, -0.2) is 112 Å². The fourth-order valence-electron chi connectivity index (χ4n) is 7.91. The van der Waals surface area contributed by atoms with Gasteiger partial charge in [0.25, 0.3) is 0 Å². The molecule has 422 valence electrons. The zero-order valence-electron chi connectivity index (χ0n) is 43.1. The van der Waals surface area contributed by atoms with Gasteiger partial charge in [0.1, 0.15) is 0 Å². The van der Waals surface area contributed by atoms with E-state index in [0.29, 0.717) is 96.3 Å². The van der Waals surface area contributed by atoms with Gasteiger partial charge in [0.15, 0.2) is 0 Å². The second-order valence-electron chi connectivity index (χ2n) is 18.2. The Morgan fingerprint density at radius 2 is 0.457 bits per heavy atom. The molecule has 0 bridgehead atoms. The van der Waals surface area contributed by atoms with E-state index < -0.39 is 152 Å². The van der Waals surface area contributed by atoms with Crippen LogP contribution < -0.4 is 0 Å². The van der Waals surface area contributed by atoms with Crippen molar-refractivity contribution in [3.63, 3.8) is 0 Å². The molecule has 0 aliphatic carbocycles. The Hall–Kier alpha value is -0.840. The van der Waals surface area contributed by atoms with E-state index in [2.05, 4.69) is 0 Å². The molecule has 16 nitrogen and oxygen atoms in total. The van der Waals surface area contributed by atoms with Crippen molar-refractivity contribution in [2.45, 2.75) is 246 Å². The van der Waals surface area contributed by atoms with E-state index in [1.54, 1.807) is 0 Å². The highest BCUT2D eigenvalue weighted by atomic mass is 32.2. The third-order valence-corrected chi connectivity index (χ3v) is 19.7. The maximum Gasteiger partial charge on any atom is 0.321 e. The smallest absolute Gasteiger partial charge is 0.321 e. The van der Waals surface area contributed by atoms with Gasteiger partial charge in [-0.15, -0.1) is 22.4 Å². The Labute approximate surface area is 421 Å². The Morgan fingerprint density at radius 3 is 0.643 bits per heavy atom. The molecule has 0 saturated heterocycles. The lowest BCUT2D eigenvalue weighted by Gasteiger charge is -2.53. The predicted octanol–water partition coefficient (Wildman–Crippen LogP) is 11.7. The van der Waals surface area contributed by atoms with E-state index in [0.717, 1.165) is 39.0 Å². The Morgan fingerprint density at radius 1 is 0.286 bits per heavy atom. The first-order valence-corrected chi connectivity index (χ1v) is 34.0. The van der Waals surface area contributed by atoms with Crippen molar-refractivity contribution in [1.29, 1.82) is 0 Å². The molecule has 0 saturated carbocycles. The van der Waals surface area contributed by atoms with Crippen LogP contribution in [0.2, 0.25) is 0 Å². The van der Waals surface area contributed by atoms with Crippen molar-refractivity contribution < 1.29 is 69.2 Å². The fourth-order valence-corrected chi connectivity index (χ4v) is 15.0. The van der Waals surface area contributed by atoms with Crippen molar-refractivity contribution in [3.8, 4) is 0 Å². The van der Waals surface area contributed by atoms with Crippen LogP contribution >= 0.6 is 0 Å². The molecule has 0 N–H and O–H groups in total. The van der Waals surface area contributed by atoms with Crippen molar-refractivity contribution in [2.75, 3.05) is 35.4 Å². The van der Waals surface area contributed by atoms with Gasteiger partial charge in [-0.3, -0.25) is 0 Å². The second-order valence-corrected chi connectivity index (χ2v) is 27.6. The summed E-state index contributed by atoms with van der Waals surface area (Å²) in [5, 5.41) is 0. The summed E-state index contributed by atoms with van der Waals surface area (Å²) in [6.07, 6.45) is 9.18. The Balaban J connectivity index is 9.01. The van der Waals surface area contributed by atoms with Crippen molar-refractivity contribution >= 4 is 50.1 Å². The summed E-state index contributed by atoms with van der Waals surface area (Å²) in [4.78, 5) is 0. The average Bonchev–Trinajstić information content (AvgIpc) is 3.31. The summed E-state index contributed by atoms with van der Waals surface area (Å²) >= 11 is 0. The van der Waals surface area contributed by atoms with Crippen LogP contribution in [-0.2, 0) is 54.9 Å². The zero-order chi connectivity index (χ0) is 53.5. The van der Waals surface area contributed by atoms with Crippen molar-refractivity contribution in [3.05, 3.63) is 0 Å². The first-order valence-electron chi connectivity index (χ1n) is 26.0. The molecule has 26 heteroatoms. The number of ether oxygens (including phenoxy) is 1. The lowest BCUT2D eigenvalue weighted by molar-refractivity contribution is -0.421. The number of unbranched alkanes of at least 4 members (excludes halogenated alkanes) is 25. The molecule has 0 rings (SSSR count).